The third kappa shape index (κ3) is 10.6. The summed E-state index contributed by atoms with van der Waals surface area (Å²) in [5.74, 6) is -0.879. The maximum absolute atomic E-state index is 12.2. The fraction of sp³-hybridized carbons (Fsp3) is 0.889. The quantitative estimate of drug-likeness (QED) is 0.147. The zero-order chi connectivity index (χ0) is 21.0. The molecule has 0 aliphatic rings. The molecule has 0 bridgehead atoms. The van der Waals surface area contributed by atoms with Crippen LogP contribution in [0.15, 0.2) is 0 Å². The summed E-state index contributed by atoms with van der Waals surface area (Å²) in [5.41, 5.74) is 0. The van der Waals surface area contributed by atoms with Crippen LogP contribution in [0.25, 0.3) is 0 Å². The summed E-state index contributed by atoms with van der Waals surface area (Å²) in [6, 6.07) is 0. The number of carbonyl (C=O) groups excluding carboxylic acids is 2. The summed E-state index contributed by atoms with van der Waals surface area (Å²) in [6.45, 7) is 5.18. The molecule has 5 atom stereocenters. The van der Waals surface area contributed by atoms with Crippen LogP contribution in [0.4, 0.5) is 0 Å². The highest BCUT2D eigenvalue weighted by Crippen LogP contribution is 2.09. The van der Waals surface area contributed by atoms with Gasteiger partial charge in [0, 0.05) is 6.42 Å². The molecular weight excluding hydrogens is 356 g/mol. The number of rotatable bonds is 14. The molecule has 0 heterocycles. The molecule has 9 heteroatoms. The predicted octanol–water partition coefficient (Wildman–Crippen LogP) is -1.00. The van der Waals surface area contributed by atoms with Crippen LogP contribution in [0, 0.1) is 5.92 Å². The van der Waals surface area contributed by atoms with Crippen molar-refractivity contribution in [2.24, 2.45) is 5.92 Å². The highest BCUT2D eigenvalue weighted by atomic mass is 16.4. The Kier molecular flexibility index (Phi) is 13.2. The van der Waals surface area contributed by atoms with E-state index in [9.17, 15) is 30.0 Å². The summed E-state index contributed by atoms with van der Waals surface area (Å²) in [6.07, 6.45) is -4.22. The van der Waals surface area contributed by atoms with E-state index in [1.165, 1.54) is 0 Å². The molecule has 0 rings (SSSR count). The van der Waals surface area contributed by atoms with E-state index >= 15 is 0 Å². The van der Waals surface area contributed by atoms with E-state index in [1.54, 1.807) is 0 Å². The van der Waals surface area contributed by atoms with Gasteiger partial charge < -0.3 is 36.2 Å². The van der Waals surface area contributed by atoms with Gasteiger partial charge in [-0.15, -0.1) is 0 Å². The average molecular weight is 392 g/mol. The number of unbranched alkanes of at least 4 members (excludes halogenated alkanes) is 2. The number of aliphatic hydroxyl groups is 5. The van der Waals surface area contributed by atoms with E-state index in [-0.39, 0.29) is 5.91 Å². The van der Waals surface area contributed by atoms with Crippen LogP contribution < -0.4 is 10.6 Å². The third-order valence-electron chi connectivity index (χ3n) is 4.22. The van der Waals surface area contributed by atoms with Crippen molar-refractivity contribution in [1.29, 1.82) is 0 Å². The Hall–Kier alpha value is -1.26. The topological polar surface area (TPSA) is 159 Å². The molecule has 0 saturated heterocycles. The number of hydrogen-bond donors (Lipinski definition) is 7. The zero-order valence-corrected chi connectivity index (χ0v) is 16.5. The van der Waals surface area contributed by atoms with Gasteiger partial charge in [-0.1, -0.05) is 33.6 Å². The zero-order valence-electron chi connectivity index (χ0n) is 16.5. The van der Waals surface area contributed by atoms with E-state index < -0.39 is 43.1 Å². The van der Waals surface area contributed by atoms with Crippen molar-refractivity contribution >= 4 is 11.8 Å². The van der Waals surface area contributed by atoms with Gasteiger partial charge in [0.25, 0.3) is 5.91 Å². The molecule has 0 aromatic heterocycles. The van der Waals surface area contributed by atoms with Gasteiger partial charge in [0.2, 0.25) is 5.91 Å². The molecule has 0 aliphatic heterocycles. The average Bonchev–Trinajstić information content (AvgIpc) is 2.63. The third-order valence-corrected chi connectivity index (χ3v) is 4.22. The van der Waals surface area contributed by atoms with Gasteiger partial charge >= 0.3 is 0 Å². The van der Waals surface area contributed by atoms with Crippen molar-refractivity contribution in [2.75, 3.05) is 6.61 Å². The molecular formula is C18H36N2O7. The monoisotopic (exact) mass is 392 g/mol. The van der Waals surface area contributed by atoms with Crippen LogP contribution in [0.5, 0.6) is 0 Å². The lowest BCUT2D eigenvalue weighted by Gasteiger charge is -2.27. The largest absolute Gasteiger partial charge is 0.394 e. The summed E-state index contributed by atoms with van der Waals surface area (Å²) < 4.78 is 0. The van der Waals surface area contributed by atoms with E-state index in [4.69, 9.17) is 5.11 Å². The van der Waals surface area contributed by atoms with Gasteiger partial charge in [-0.25, -0.2) is 0 Å². The summed E-state index contributed by atoms with van der Waals surface area (Å²) in [5, 5.41) is 52.6. The number of carbonyl (C=O) groups is 2. The van der Waals surface area contributed by atoms with Gasteiger partial charge in [-0.3, -0.25) is 9.59 Å². The minimum Gasteiger partial charge on any atom is -0.394 e. The van der Waals surface area contributed by atoms with Crippen LogP contribution in [0.3, 0.4) is 0 Å². The number of hydrogen-bond acceptors (Lipinski definition) is 7. The smallest absolute Gasteiger partial charge is 0.253 e. The second-order valence-electron chi connectivity index (χ2n) is 7.23. The van der Waals surface area contributed by atoms with E-state index in [0.717, 1.165) is 19.3 Å². The number of nitrogens with one attached hydrogen (secondary N) is 2. The molecule has 0 fully saturated rings. The first-order chi connectivity index (χ1) is 12.6. The highest BCUT2D eigenvalue weighted by Gasteiger charge is 2.35. The number of aliphatic hydroxyl groups excluding tert-OH is 5. The minimum absolute atomic E-state index is 0.219. The minimum atomic E-state index is -2.03. The molecule has 0 aliphatic carbocycles. The molecule has 9 nitrogen and oxygen atoms in total. The Morgan fingerprint density at radius 3 is 2.07 bits per heavy atom. The maximum Gasteiger partial charge on any atom is 0.253 e. The Labute approximate surface area is 160 Å². The maximum atomic E-state index is 12.2. The van der Waals surface area contributed by atoms with E-state index in [2.05, 4.69) is 10.6 Å². The van der Waals surface area contributed by atoms with Crippen molar-refractivity contribution in [3.8, 4) is 0 Å². The first-order valence-corrected chi connectivity index (χ1v) is 9.56. The normalized spacial score (nSPS) is 17.1. The molecule has 1 unspecified atom stereocenters. The molecule has 2 amide bonds. The fourth-order valence-corrected chi connectivity index (χ4v) is 2.42. The van der Waals surface area contributed by atoms with Crippen LogP contribution in [0.2, 0.25) is 0 Å². The SMILES string of the molecule is CCCCCC(=O)NC(CCC(C)C)NC(=O)[C@H](O)[C@@H](O)[C@H](O)[C@H](O)CO. The Morgan fingerprint density at radius 2 is 1.56 bits per heavy atom. The first kappa shape index (κ1) is 25.7. The van der Waals surface area contributed by atoms with Crippen LogP contribution in [-0.4, -0.2) is 74.5 Å². The molecule has 7 N–H and O–H groups in total. The van der Waals surface area contributed by atoms with Crippen LogP contribution >= 0.6 is 0 Å². The fourth-order valence-electron chi connectivity index (χ4n) is 2.42. The molecule has 0 spiro atoms. The van der Waals surface area contributed by atoms with Gasteiger partial charge in [-0.2, -0.15) is 0 Å². The van der Waals surface area contributed by atoms with Gasteiger partial charge in [-0.05, 0) is 25.2 Å². The van der Waals surface area contributed by atoms with Crippen molar-refractivity contribution in [3.63, 3.8) is 0 Å². The second-order valence-corrected chi connectivity index (χ2v) is 7.23. The molecule has 0 aromatic rings. The summed E-state index contributed by atoms with van der Waals surface area (Å²) in [4.78, 5) is 24.2. The highest BCUT2D eigenvalue weighted by molar-refractivity contribution is 5.82. The van der Waals surface area contributed by atoms with E-state index in [0.29, 0.717) is 25.2 Å². The predicted molar refractivity (Wildman–Crippen MR) is 99.4 cm³/mol. The molecule has 0 aromatic carbocycles. The molecule has 0 radical (unpaired) electrons. The van der Waals surface area contributed by atoms with Crippen LogP contribution in [-0.2, 0) is 9.59 Å². The summed E-state index contributed by atoms with van der Waals surface area (Å²) in [7, 11) is 0. The Morgan fingerprint density at radius 1 is 0.926 bits per heavy atom. The lowest BCUT2D eigenvalue weighted by Crippen LogP contribution is -2.56. The van der Waals surface area contributed by atoms with Crippen LogP contribution in [0.1, 0.15) is 59.3 Å². The van der Waals surface area contributed by atoms with Gasteiger partial charge in [0.1, 0.15) is 24.5 Å². The molecule has 160 valence electrons. The van der Waals surface area contributed by atoms with E-state index in [1.807, 2.05) is 20.8 Å². The van der Waals surface area contributed by atoms with Crippen molar-refractivity contribution in [3.05, 3.63) is 0 Å². The Balaban J connectivity index is 4.81. The number of amides is 2. The molecule has 0 saturated carbocycles. The summed E-state index contributed by atoms with van der Waals surface area (Å²) >= 11 is 0. The standard InChI is InChI=1S/C18H36N2O7/c1-4-5-6-7-14(23)19-13(9-8-11(2)3)20-18(27)17(26)16(25)15(24)12(22)10-21/h11-13,15-17,21-22,24-26H,4-10H2,1-3H3,(H,19,23)(H,20,27)/t12-,13?,15-,16+,17-/m1/s1. The Bertz CT molecular complexity index is 434. The lowest BCUT2D eigenvalue weighted by atomic mass is 10.0. The molecule has 27 heavy (non-hydrogen) atoms. The van der Waals surface area contributed by atoms with Crippen molar-refractivity contribution in [1.82, 2.24) is 10.6 Å². The van der Waals surface area contributed by atoms with Gasteiger partial charge in [0.15, 0.2) is 6.10 Å². The second kappa shape index (κ2) is 13.8. The lowest BCUT2D eigenvalue weighted by molar-refractivity contribution is -0.149. The van der Waals surface area contributed by atoms with Crippen molar-refractivity contribution in [2.45, 2.75) is 89.9 Å². The van der Waals surface area contributed by atoms with Crippen molar-refractivity contribution < 1.29 is 35.1 Å². The first-order valence-electron chi connectivity index (χ1n) is 9.56. The van der Waals surface area contributed by atoms with Gasteiger partial charge in [0.05, 0.1) is 6.61 Å².